The van der Waals surface area contributed by atoms with E-state index in [1.165, 1.54) is 12.1 Å². The van der Waals surface area contributed by atoms with Gasteiger partial charge in [0.1, 0.15) is 0 Å². The van der Waals surface area contributed by atoms with Crippen molar-refractivity contribution in [3.8, 4) is 0 Å². The predicted molar refractivity (Wildman–Crippen MR) is 76.3 cm³/mol. The number of nitrogens with one attached hydrogen (secondary N) is 1. The van der Waals surface area contributed by atoms with E-state index in [2.05, 4.69) is 5.32 Å². The first kappa shape index (κ1) is 15.9. The first-order valence-corrected chi connectivity index (χ1v) is 7.37. The van der Waals surface area contributed by atoms with Gasteiger partial charge in [0.25, 0.3) is 5.92 Å². The summed E-state index contributed by atoms with van der Waals surface area (Å²) in [5.74, 6) is -4.20. The van der Waals surface area contributed by atoms with E-state index in [4.69, 9.17) is 5.11 Å². The van der Waals surface area contributed by atoms with Crippen LogP contribution in [0.2, 0.25) is 0 Å². The lowest BCUT2D eigenvalue weighted by molar-refractivity contribution is -0.144. The molecule has 0 aliphatic heterocycles. The molecule has 2 unspecified atom stereocenters. The van der Waals surface area contributed by atoms with Crippen molar-refractivity contribution >= 4 is 5.97 Å². The smallest absolute Gasteiger partial charge is 0.306 e. The SMILES string of the molecule is O=C(O)C1CCCCC1CNCC(F)(F)c1ccccc1. The number of carboxylic acids is 1. The van der Waals surface area contributed by atoms with Crippen LogP contribution in [0.5, 0.6) is 0 Å². The van der Waals surface area contributed by atoms with Crippen LogP contribution >= 0.6 is 0 Å². The van der Waals surface area contributed by atoms with Crippen LogP contribution in [0.25, 0.3) is 0 Å². The van der Waals surface area contributed by atoms with Gasteiger partial charge in [-0.3, -0.25) is 4.79 Å². The van der Waals surface area contributed by atoms with Crippen LogP contribution < -0.4 is 5.32 Å². The molecule has 1 aromatic carbocycles. The molecule has 2 atom stereocenters. The van der Waals surface area contributed by atoms with Gasteiger partial charge in [-0.15, -0.1) is 0 Å². The molecule has 116 valence electrons. The molecule has 0 heterocycles. The van der Waals surface area contributed by atoms with E-state index < -0.39 is 24.4 Å². The molecule has 5 heteroatoms. The molecule has 1 aromatic rings. The summed E-state index contributed by atoms with van der Waals surface area (Å²) < 4.78 is 28.0. The fourth-order valence-electron chi connectivity index (χ4n) is 2.98. The van der Waals surface area contributed by atoms with Gasteiger partial charge in [0.15, 0.2) is 0 Å². The maximum Gasteiger partial charge on any atom is 0.306 e. The van der Waals surface area contributed by atoms with Gasteiger partial charge in [-0.05, 0) is 25.3 Å². The van der Waals surface area contributed by atoms with Crippen LogP contribution in [0.1, 0.15) is 31.2 Å². The Morgan fingerprint density at radius 3 is 2.57 bits per heavy atom. The number of carbonyl (C=O) groups is 1. The molecule has 0 amide bonds. The van der Waals surface area contributed by atoms with E-state index in [1.54, 1.807) is 18.2 Å². The standard InChI is InChI=1S/C16H21F2NO2/c17-16(18,13-7-2-1-3-8-13)11-19-10-12-6-4-5-9-14(12)15(20)21/h1-3,7-8,12,14,19H,4-6,9-11H2,(H,20,21). The monoisotopic (exact) mass is 297 g/mol. The summed E-state index contributed by atoms with van der Waals surface area (Å²) in [4.78, 5) is 11.2. The molecule has 0 aromatic heterocycles. The average molecular weight is 297 g/mol. The Kier molecular flexibility index (Phi) is 5.28. The zero-order valence-corrected chi connectivity index (χ0v) is 11.9. The first-order chi connectivity index (χ1) is 10.0. The highest BCUT2D eigenvalue weighted by Gasteiger charge is 2.33. The van der Waals surface area contributed by atoms with E-state index in [-0.39, 0.29) is 11.5 Å². The highest BCUT2D eigenvalue weighted by Crippen LogP contribution is 2.31. The Morgan fingerprint density at radius 1 is 1.24 bits per heavy atom. The second-order valence-corrected chi connectivity index (χ2v) is 5.69. The highest BCUT2D eigenvalue weighted by molar-refractivity contribution is 5.70. The van der Waals surface area contributed by atoms with Crippen molar-refractivity contribution in [1.82, 2.24) is 5.32 Å². The Labute approximate surface area is 123 Å². The third-order valence-electron chi connectivity index (χ3n) is 4.18. The molecule has 0 saturated heterocycles. The maximum absolute atomic E-state index is 14.0. The second kappa shape index (κ2) is 6.98. The van der Waals surface area contributed by atoms with Crippen LogP contribution in [0.15, 0.2) is 30.3 Å². The number of halogens is 2. The lowest BCUT2D eigenvalue weighted by atomic mass is 9.79. The Bertz CT molecular complexity index is 465. The third kappa shape index (κ3) is 4.24. The van der Waals surface area contributed by atoms with Crippen molar-refractivity contribution in [1.29, 1.82) is 0 Å². The van der Waals surface area contributed by atoms with E-state index in [0.717, 1.165) is 19.3 Å². The minimum absolute atomic E-state index is 0.0177. The number of rotatable bonds is 6. The molecular formula is C16H21F2NO2. The van der Waals surface area contributed by atoms with Gasteiger partial charge in [0, 0.05) is 5.56 Å². The van der Waals surface area contributed by atoms with Gasteiger partial charge in [-0.1, -0.05) is 43.2 Å². The number of alkyl halides is 2. The minimum atomic E-state index is -2.94. The van der Waals surface area contributed by atoms with Gasteiger partial charge in [-0.2, -0.15) is 8.78 Å². The van der Waals surface area contributed by atoms with Crippen molar-refractivity contribution in [2.45, 2.75) is 31.6 Å². The normalized spacial score (nSPS) is 23.0. The number of benzene rings is 1. The summed E-state index contributed by atoms with van der Waals surface area (Å²) in [6, 6.07) is 7.69. The second-order valence-electron chi connectivity index (χ2n) is 5.69. The van der Waals surface area contributed by atoms with E-state index in [0.29, 0.717) is 13.0 Å². The number of hydrogen-bond donors (Lipinski definition) is 2. The van der Waals surface area contributed by atoms with Crippen LogP contribution in [0, 0.1) is 11.8 Å². The van der Waals surface area contributed by atoms with Crippen molar-refractivity contribution in [2.75, 3.05) is 13.1 Å². The molecule has 0 bridgehead atoms. The molecule has 1 aliphatic rings. The molecule has 1 aliphatic carbocycles. The summed E-state index contributed by atoms with van der Waals surface area (Å²) in [7, 11) is 0. The van der Waals surface area contributed by atoms with Gasteiger partial charge in [0.2, 0.25) is 0 Å². The Morgan fingerprint density at radius 2 is 1.90 bits per heavy atom. The van der Waals surface area contributed by atoms with Crippen molar-refractivity contribution in [3.63, 3.8) is 0 Å². The molecule has 2 N–H and O–H groups in total. The Hall–Kier alpha value is -1.49. The molecule has 0 radical (unpaired) electrons. The van der Waals surface area contributed by atoms with Crippen LogP contribution in [0.3, 0.4) is 0 Å². The summed E-state index contributed by atoms with van der Waals surface area (Å²) in [6.45, 7) is -0.126. The van der Waals surface area contributed by atoms with Gasteiger partial charge >= 0.3 is 5.97 Å². The van der Waals surface area contributed by atoms with Crippen LogP contribution in [-0.2, 0) is 10.7 Å². The molecule has 3 nitrogen and oxygen atoms in total. The summed E-state index contributed by atoms with van der Waals surface area (Å²) in [5.41, 5.74) is -0.0177. The largest absolute Gasteiger partial charge is 0.481 e. The predicted octanol–water partition coefficient (Wildman–Crippen LogP) is 3.26. The lowest BCUT2D eigenvalue weighted by Gasteiger charge is -2.29. The molecule has 1 fully saturated rings. The van der Waals surface area contributed by atoms with E-state index in [9.17, 15) is 13.6 Å². The zero-order valence-electron chi connectivity index (χ0n) is 11.9. The molecule has 0 spiro atoms. The van der Waals surface area contributed by atoms with Crippen LogP contribution in [0.4, 0.5) is 8.78 Å². The zero-order chi connectivity index (χ0) is 15.3. The van der Waals surface area contributed by atoms with Gasteiger partial charge < -0.3 is 10.4 Å². The minimum Gasteiger partial charge on any atom is -0.481 e. The topological polar surface area (TPSA) is 49.3 Å². The quantitative estimate of drug-likeness (QED) is 0.847. The molecule has 21 heavy (non-hydrogen) atoms. The van der Waals surface area contributed by atoms with Gasteiger partial charge in [0.05, 0.1) is 12.5 Å². The molecule has 1 saturated carbocycles. The lowest BCUT2D eigenvalue weighted by Crippen LogP contribution is -2.38. The summed E-state index contributed by atoms with van der Waals surface area (Å²) >= 11 is 0. The van der Waals surface area contributed by atoms with Crippen molar-refractivity contribution < 1.29 is 18.7 Å². The van der Waals surface area contributed by atoms with E-state index >= 15 is 0 Å². The molecular weight excluding hydrogens is 276 g/mol. The highest BCUT2D eigenvalue weighted by atomic mass is 19.3. The van der Waals surface area contributed by atoms with Crippen molar-refractivity contribution in [2.24, 2.45) is 11.8 Å². The summed E-state index contributed by atoms with van der Waals surface area (Å²) in [5, 5.41) is 11.9. The first-order valence-electron chi connectivity index (χ1n) is 7.37. The van der Waals surface area contributed by atoms with E-state index in [1.807, 2.05) is 0 Å². The summed E-state index contributed by atoms with van der Waals surface area (Å²) in [6.07, 6.45) is 3.33. The maximum atomic E-state index is 14.0. The van der Waals surface area contributed by atoms with Crippen molar-refractivity contribution in [3.05, 3.63) is 35.9 Å². The number of hydrogen-bond acceptors (Lipinski definition) is 2. The fourth-order valence-corrected chi connectivity index (χ4v) is 2.98. The third-order valence-corrected chi connectivity index (χ3v) is 4.18. The Balaban J connectivity index is 1.87. The fraction of sp³-hybridized carbons (Fsp3) is 0.562. The van der Waals surface area contributed by atoms with Crippen LogP contribution in [-0.4, -0.2) is 24.2 Å². The van der Waals surface area contributed by atoms with Gasteiger partial charge in [-0.25, -0.2) is 0 Å². The number of aliphatic carboxylic acids is 1. The molecule has 2 rings (SSSR count). The number of carboxylic acid groups (broad SMARTS) is 1. The average Bonchev–Trinajstić information content (AvgIpc) is 2.48.